The molecule has 2 aromatic carbocycles. The van der Waals surface area contributed by atoms with Crippen molar-refractivity contribution in [3.63, 3.8) is 0 Å². The summed E-state index contributed by atoms with van der Waals surface area (Å²) in [7, 11) is 0. The fourth-order valence-electron chi connectivity index (χ4n) is 2.48. The van der Waals surface area contributed by atoms with Crippen LogP contribution in [0.3, 0.4) is 0 Å². The van der Waals surface area contributed by atoms with E-state index >= 15 is 0 Å². The van der Waals surface area contributed by atoms with Crippen LogP contribution in [0.2, 0.25) is 0 Å². The van der Waals surface area contributed by atoms with E-state index in [1.165, 1.54) is 17.8 Å². The molecule has 0 aromatic heterocycles. The fraction of sp³-hybridized carbons (Fsp3) is 0.263. The Balaban J connectivity index is 1.80. The van der Waals surface area contributed by atoms with Gasteiger partial charge in [-0.15, -0.1) is 0 Å². The lowest BCUT2D eigenvalue weighted by molar-refractivity contribution is -0.384. The van der Waals surface area contributed by atoms with Crippen LogP contribution in [0, 0.1) is 10.1 Å². The first kappa shape index (κ1) is 20.3. The quantitative estimate of drug-likeness (QED) is 0.313. The minimum Gasteiger partial charge on any atom is -0.372 e. The number of thiocarbonyl (C=S) groups is 1. The lowest BCUT2D eigenvalue weighted by Crippen LogP contribution is -2.31. The molecule has 0 fully saturated rings. The number of hydrazone groups is 1. The minimum atomic E-state index is -0.424. The molecule has 0 aliphatic heterocycles. The molecule has 2 aromatic rings. The van der Waals surface area contributed by atoms with E-state index in [4.69, 9.17) is 12.2 Å². The molecule has 7 nitrogen and oxygen atoms in total. The molecule has 0 atom stereocenters. The zero-order valence-corrected chi connectivity index (χ0v) is 16.2. The third kappa shape index (κ3) is 6.34. The van der Waals surface area contributed by atoms with Crippen molar-refractivity contribution >= 4 is 34.9 Å². The monoisotopic (exact) mass is 385 g/mol. The molecule has 0 saturated carbocycles. The van der Waals surface area contributed by atoms with E-state index < -0.39 is 4.92 Å². The average Bonchev–Trinajstić information content (AvgIpc) is 2.69. The minimum absolute atomic E-state index is 0.0658. The summed E-state index contributed by atoms with van der Waals surface area (Å²) in [6, 6.07) is 14.5. The molecule has 142 valence electrons. The van der Waals surface area contributed by atoms with Gasteiger partial charge < -0.3 is 10.2 Å². The van der Waals surface area contributed by atoms with Crippen molar-refractivity contribution in [2.45, 2.75) is 20.4 Å². The first-order valence-corrected chi connectivity index (χ1v) is 9.09. The summed E-state index contributed by atoms with van der Waals surface area (Å²) in [6.45, 7) is 6.67. The zero-order chi connectivity index (χ0) is 19.6. The van der Waals surface area contributed by atoms with Crippen molar-refractivity contribution in [2.24, 2.45) is 5.10 Å². The molecule has 0 unspecified atom stereocenters. The van der Waals surface area contributed by atoms with Crippen LogP contribution >= 0.6 is 12.2 Å². The van der Waals surface area contributed by atoms with Gasteiger partial charge in [0.2, 0.25) is 0 Å². The maximum atomic E-state index is 10.6. The van der Waals surface area contributed by atoms with Crippen LogP contribution in [0.5, 0.6) is 0 Å². The molecule has 0 spiro atoms. The Hall–Kier alpha value is -3.00. The molecular formula is C19H23N5O2S. The van der Waals surface area contributed by atoms with E-state index in [2.05, 4.69) is 46.7 Å². The number of nitrogens with one attached hydrogen (secondary N) is 2. The molecule has 0 aliphatic rings. The number of rotatable bonds is 8. The van der Waals surface area contributed by atoms with E-state index in [0.717, 1.165) is 24.2 Å². The highest BCUT2D eigenvalue weighted by Crippen LogP contribution is 2.14. The van der Waals surface area contributed by atoms with Gasteiger partial charge in [0, 0.05) is 37.5 Å². The molecular weight excluding hydrogens is 362 g/mol. The number of hydrogen-bond donors (Lipinski definition) is 2. The molecule has 0 radical (unpaired) electrons. The number of hydrogen-bond acceptors (Lipinski definition) is 5. The van der Waals surface area contributed by atoms with Crippen LogP contribution < -0.4 is 15.6 Å². The Labute approximate surface area is 164 Å². The molecule has 8 heteroatoms. The first-order valence-electron chi connectivity index (χ1n) is 8.68. The van der Waals surface area contributed by atoms with Crippen molar-refractivity contribution < 1.29 is 4.92 Å². The molecule has 0 saturated heterocycles. The third-order valence-electron chi connectivity index (χ3n) is 4.00. The second-order valence-electron chi connectivity index (χ2n) is 5.74. The van der Waals surface area contributed by atoms with E-state index in [9.17, 15) is 10.1 Å². The van der Waals surface area contributed by atoms with Crippen molar-refractivity contribution in [3.8, 4) is 0 Å². The van der Waals surface area contributed by atoms with Gasteiger partial charge in [0.1, 0.15) is 0 Å². The van der Waals surface area contributed by atoms with E-state index in [1.807, 2.05) is 12.1 Å². The summed E-state index contributed by atoms with van der Waals surface area (Å²) < 4.78 is 0. The maximum absolute atomic E-state index is 10.6. The van der Waals surface area contributed by atoms with Crippen molar-refractivity contribution in [1.29, 1.82) is 0 Å². The predicted octanol–water partition coefficient (Wildman–Crippen LogP) is 3.44. The zero-order valence-electron chi connectivity index (χ0n) is 15.4. The SMILES string of the molecule is CCN(CC)c1ccc(C=NNC(=S)NCc2ccc([N+](=O)[O-])cc2)cc1. The molecule has 0 bridgehead atoms. The highest BCUT2D eigenvalue weighted by molar-refractivity contribution is 7.80. The first-order chi connectivity index (χ1) is 13.0. The third-order valence-corrected chi connectivity index (χ3v) is 4.24. The lowest BCUT2D eigenvalue weighted by Gasteiger charge is -2.20. The Morgan fingerprint density at radius 1 is 1.15 bits per heavy atom. The van der Waals surface area contributed by atoms with Crippen molar-refractivity contribution in [1.82, 2.24) is 10.7 Å². The molecule has 2 N–H and O–H groups in total. The molecule has 0 amide bonds. The van der Waals surface area contributed by atoms with Gasteiger partial charge in [-0.05, 0) is 49.3 Å². The Kier molecular flexibility index (Phi) is 7.69. The van der Waals surface area contributed by atoms with Crippen LogP contribution in [0.15, 0.2) is 53.6 Å². The van der Waals surface area contributed by atoms with Crippen LogP contribution in [0.4, 0.5) is 11.4 Å². The molecule has 27 heavy (non-hydrogen) atoms. The average molecular weight is 385 g/mol. The molecule has 2 rings (SSSR count). The van der Waals surface area contributed by atoms with Gasteiger partial charge in [0.05, 0.1) is 11.1 Å². The van der Waals surface area contributed by atoms with Gasteiger partial charge in [-0.3, -0.25) is 15.5 Å². The summed E-state index contributed by atoms with van der Waals surface area (Å²) in [5, 5.41) is 18.1. The Morgan fingerprint density at radius 3 is 2.33 bits per heavy atom. The molecule has 0 aliphatic carbocycles. The Morgan fingerprint density at radius 2 is 1.78 bits per heavy atom. The normalized spacial score (nSPS) is 10.6. The smallest absolute Gasteiger partial charge is 0.269 e. The number of non-ortho nitro benzene ring substituents is 1. The van der Waals surface area contributed by atoms with Crippen LogP contribution in [-0.4, -0.2) is 29.3 Å². The highest BCUT2D eigenvalue weighted by atomic mass is 32.1. The summed E-state index contributed by atoms with van der Waals surface area (Å²) in [4.78, 5) is 12.5. The van der Waals surface area contributed by atoms with Crippen LogP contribution in [0.25, 0.3) is 0 Å². The number of anilines is 1. The van der Waals surface area contributed by atoms with E-state index in [0.29, 0.717) is 11.7 Å². The Bertz CT molecular complexity index is 787. The topological polar surface area (TPSA) is 82.8 Å². The second-order valence-corrected chi connectivity index (χ2v) is 6.15. The highest BCUT2D eigenvalue weighted by Gasteiger charge is 2.04. The lowest BCUT2D eigenvalue weighted by atomic mass is 10.2. The van der Waals surface area contributed by atoms with E-state index in [1.54, 1.807) is 18.3 Å². The second kappa shape index (κ2) is 10.2. The van der Waals surface area contributed by atoms with E-state index in [-0.39, 0.29) is 5.69 Å². The summed E-state index contributed by atoms with van der Waals surface area (Å²) in [6.07, 6.45) is 1.70. The number of nitrogens with zero attached hydrogens (tertiary/aromatic N) is 3. The summed E-state index contributed by atoms with van der Waals surface area (Å²) in [5.74, 6) is 0. The standard InChI is InChI=1S/C19H23N5O2S/c1-3-23(4-2)17-9-5-16(6-10-17)14-21-22-19(27)20-13-15-7-11-18(12-8-15)24(25)26/h5-12,14H,3-4,13H2,1-2H3,(H2,20,22,27). The van der Waals surface area contributed by atoms with Crippen molar-refractivity contribution in [3.05, 3.63) is 69.8 Å². The number of nitro benzene ring substituents is 1. The predicted molar refractivity (Wildman–Crippen MR) is 113 cm³/mol. The van der Waals surface area contributed by atoms with Gasteiger partial charge in [0.15, 0.2) is 5.11 Å². The van der Waals surface area contributed by atoms with Gasteiger partial charge in [0.25, 0.3) is 5.69 Å². The number of benzene rings is 2. The number of nitro groups is 1. The maximum Gasteiger partial charge on any atom is 0.269 e. The van der Waals surface area contributed by atoms with Crippen LogP contribution in [-0.2, 0) is 6.54 Å². The van der Waals surface area contributed by atoms with Gasteiger partial charge >= 0.3 is 0 Å². The van der Waals surface area contributed by atoms with Crippen LogP contribution in [0.1, 0.15) is 25.0 Å². The summed E-state index contributed by atoms with van der Waals surface area (Å²) in [5.41, 5.74) is 5.87. The van der Waals surface area contributed by atoms with Gasteiger partial charge in [-0.2, -0.15) is 5.10 Å². The van der Waals surface area contributed by atoms with Gasteiger partial charge in [-0.25, -0.2) is 0 Å². The largest absolute Gasteiger partial charge is 0.372 e. The molecule has 0 heterocycles. The summed E-state index contributed by atoms with van der Waals surface area (Å²) >= 11 is 5.17. The van der Waals surface area contributed by atoms with Crippen molar-refractivity contribution in [2.75, 3.05) is 18.0 Å². The van der Waals surface area contributed by atoms with Gasteiger partial charge in [-0.1, -0.05) is 24.3 Å². The fourth-order valence-corrected chi connectivity index (χ4v) is 2.61.